The average molecular weight is 383 g/mol. The van der Waals surface area contributed by atoms with E-state index >= 15 is 0 Å². The van der Waals surface area contributed by atoms with Crippen LogP contribution < -0.4 is 10.6 Å². The van der Waals surface area contributed by atoms with Gasteiger partial charge in [0.15, 0.2) is 0 Å². The van der Waals surface area contributed by atoms with Gasteiger partial charge in [0.05, 0.1) is 23.1 Å². The summed E-state index contributed by atoms with van der Waals surface area (Å²) < 4.78 is 0. The fourth-order valence-electron chi connectivity index (χ4n) is 3.65. The Morgan fingerprint density at radius 3 is 2.29 bits per heavy atom. The van der Waals surface area contributed by atoms with Crippen LogP contribution in [0.15, 0.2) is 36.4 Å². The summed E-state index contributed by atoms with van der Waals surface area (Å²) in [5.74, 6) is -1.58. The van der Waals surface area contributed by atoms with Gasteiger partial charge in [0, 0.05) is 19.0 Å². The van der Waals surface area contributed by atoms with Crippen molar-refractivity contribution >= 4 is 29.3 Å². The van der Waals surface area contributed by atoms with E-state index in [0.717, 1.165) is 0 Å². The monoisotopic (exact) mass is 383 g/mol. The number of imide groups is 1. The number of amides is 4. The van der Waals surface area contributed by atoms with Gasteiger partial charge in [-0.15, -0.1) is 0 Å². The van der Waals surface area contributed by atoms with E-state index in [9.17, 15) is 19.2 Å². The van der Waals surface area contributed by atoms with Gasteiger partial charge in [0.25, 0.3) is 5.91 Å². The number of hydrogen-bond donors (Lipinski definition) is 2. The molecule has 0 unspecified atom stereocenters. The quantitative estimate of drug-likeness (QED) is 0.581. The lowest BCUT2D eigenvalue weighted by atomic mass is 9.85. The lowest BCUT2D eigenvalue weighted by Crippen LogP contribution is -2.34. The van der Waals surface area contributed by atoms with Gasteiger partial charge in [-0.3, -0.25) is 24.1 Å². The molecule has 1 saturated heterocycles. The Morgan fingerprint density at radius 2 is 1.68 bits per heavy atom. The minimum Gasteiger partial charge on any atom is -0.350 e. The van der Waals surface area contributed by atoms with E-state index in [4.69, 9.17) is 0 Å². The number of benzene rings is 1. The zero-order valence-corrected chi connectivity index (χ0v) is 16.1. The summed E-state index contributed by atoms with van der Waals surface area (Å²) in [4.78, 5) is 50.8. The van der Waals surface area contributed by atoms with Crippen molar-refractivity contribution in [3.8, 4) is 0 Å². The molecular weight excluding hydrogens is 358 g/mol. The molecule has 0 saturated carbocycles. The van der Waals surface area contributed by atoms with Gasteiger partial charge in [-0.1, -0.05) is 24.3 Å². The standard InChI is InChI=1S/C21H25N3O4/c1-13(2)22-19(26)16-9-5-6-10-17(16)23-18(25)11-12-24-20(27)14-7-3-4-8-15(14)21(24)28/h3-6,9-10,13-15H,7-8,11-12H2,1-2H3,(H,22,26)(H,23,25)/t14-,15+. The molecule has 7 nitrogen and oxygen atoms in total. The molecule has 1 fully saturated rings. The van der Waals surface area contributed by atoms with Gasteiger partial charge < -0.3 is 10.6 Å². The van der Waals surface area contributed by atoms with E-state index in [1.807, 2.05) is 26.0 Å². The minimum absolute atomic E-state index is 0.00944. The molecule has 2 aliphatic rings. The smallest absolute Gasteiger partial charge is 0.253 e. The fourth-order valence-corrected chi connectivity index (χ4v) is 3.65. The Labute approximate surface area is 164 Å². The molecule has 1 aromatic rings. The molecule has 0 aromatic heterocycles. The third kappa shape index (κ3) is 4.13. The van der Waals surface area contributed by atoms with Crippen molar-refractivity contribution in [2.24, 2.45) is 11.8 Å². The summed E-state index contributed by atoms with van der Waals surface area (Å²) in [5.41, 5.74) is 0.776. The number of hydrogen-bond acceptors (Lipinski definition) is 4. The Bertz CT molecular complexity index is 805. The Hall–Kier alpha value is -2.96. The van der Waals surface area contributed by atoms with Crippen LogP contribution in [0.4, 0.5) is 5.69 Å². The van der Waals surface area contributed by atoms with Crippen LogP contribution in [0.25, 0.3) is 0 Å². The molecule has 148 valence electrons. The number of allylic oxidation sites excluding steroid dienone is 2. The highest BCUT2D eigenvalue weighted by Crippen LogP contribution is 2.35. The first-order chi connectivity index (χ1) is 13.4. The van der Waals surface area contributed by atoms with Crippen molar-refractivity contribution in [2.75, 3.05) is 11.9 Å². The van der Waals surface area contributed by atoms with Gasteiger partial charge in [0.2, 0.25) is 17.7 Å². The van der Waals surface area contributed by atoms with Crippen molar-refractivity contribution < 1.29 is 19.2 Å². The third-order valence-electron chi connectivity index (χ3n) is 5.03. The highest BCUT2D eigenvalue weighted by molar-refractivity contribution is 6.06. The van der Waals surface area contributed by atoms with Crippen molar-refractivity contribution in [1.29, 1.82) is 0 Å². The van der Waals surface area contributed by atoms with E-state index in [-0.39, 0.29) is 54.5 Å². The highest BCUT2D eigenvalue weighted by atomic mass is 16.2. The molecule has 1 heterocycles. The van der Waals surface area contributed by atoms with Crippen LogP contribution in [0, 0.1) is 11.8 Å². The molecule has 1 aliphatic carbocycles. The number of carbonyl (C=O) groups is 4. The molecule has 2 atom stereocenters. The van der Waals surface area contributed by atoms with E-state index in [1.54, 1.807) is 24.3 Å². The first kappa shape index (κ1) is 19.8. The van der Waals surface area contributed by atoms with Gasteiger partial charge in [-0.05, 0) is 38.8 Å². The van der Waals surface area contributed by atoms with E-state index in [0.29, 0.717) is 24.1 Å². The molecular formula is C21H25N3O4. The maximum absolute atomic E-state index is 12.5. The molecule has 7 heteroatoms. The van der Waals surface area contributed by atoms with Gasteiger partial charge >= 0.3 is 0 Å². The number of para-hydroxylation sites is 1. The molecule has 4 amide bonds. The molecule has 2 N–H and O–H groups in total. The molecule has 1 aromatic carbocycles. The van der Waals surface area contributed by atoms with Crippen molar-refractivity contribution in [3.05, 3.63) is 42.0 Å². The lowest BCUT2D eigenvalue weighted by Gasteiger charge is -2.16. The lowest BCUT2D eigenvalue weighted by molar-refractivity contribution is -0.140. The largest absolute Gasteiger partial charge is 0.350 e. The Balaban J connectivity index is 1.60. The number of carbonyl (C=O) groups excluding carboxylic acids is 4. The minimum atomic E-state index is -0.349. The average Bonchev–Trinajstić information content (AvgIpc) is 2.91. The molecule has 28 heavy (non-hydrogen) atoms. The van der Waals surface area contributed by atoms with Crippen LogP contribution in [0.1, 0.15) is 43.5 Å². The van der Waals surface area contributed by atoms with E-state index in [2.05, 4.69) is 10.6 Å². The Morgan fingerprint density at radius 1 is 1.07 bits per heavy atom. The second kappa shape index (κ2) is 8.37. The first-order valence-corrected chi connectivity index (χ1v) is 9.58. The summed E-state index contributed by atoms with van der Waals surface area (Å²) >= 11 is 0. The zero-order valence-electron chi connectivity index (χ0n) is 16.1. The second-order valence-corrected chi connectivity index (χ2v) is 7.46. The second-order valence-electron chi connectivity index (χ2n) is 7.46. The van der Waals surface area contributed by atoms with Crippen LogP contribution in [-0.4, -0.2) is 41.1 Å². The fraction of sp³-hybridized carbons (Fsp3) is 0.429. The molecule has 0 spiro atoms. The highest BCUT2D eigenvalue weighted by Gasteiger charge is 2.46. The summed E-state index contributed by atoms with van der Waals surface area (Å²) in [5, 5.41) is 5.52. The van der Waals surface area contributed by atoms with Crippen LogP contribution in [-0.2, 0) is 14.4 Å². The van der Waals surface area contributed by atoms with Crippen LogP contribution in [0.3, 0.4) is 0 Å². The number of rotatable bonds is 6. The topological polar surface area (TPSA) is 95.6 Å². The SMILES string of the molecule is CC(C)NC(=O)c1ccccc1NC(=O)CCN1C(=O)[C@H]2CC=CC[C@H]2C1=O. The Kier molecular flexibility index (Phi) is 5.92. The van der Waals surface area contributed by atoms with Gasteiger partial charge in [-0.25, -0.2) is 0 Å². The molecule has 1 aliphatic heterocycles. The normalized spacial score (nSPS) is 21.0. The number of nitrogens with zero attached hydrogens (tertiary/aromatic N) is 1. The summed E-state index contributed by atoms with van der Waals surface area (Å²) in [7, 11) is 0. The number of likely N-dealkylation sites (tertiary alicyclic amines) is 1. The van der Waals surface area contributed by atoms with E-state index < -0.39 is 0 Å². The van der Waals surface area contributed by atoms with Crippen molar-refractivity contribution in [3.63, 3.8) is 0 Å². The van der Waals surface area contributed by atoms with Gasteiger partial charge in [-0.2, -0.15) is 0 Å². The summed E-state index contributed by atoms with van der Waals surface area (Å²) in [6.45, 7) is 3.77. The predicted molar refractivity (Wildman–Crippen MR) is 104 cm³/mol. The van der Waals surface area contributed by atoms with Crippen LogP contribution in [0.5, 0.6) is 0 Å². The maximum atomic E-state index is 12.5. The number of nitrogens with one attached hydrogen (secondary N) is 2. The predicted octanol–water partition coefficient (Wildman–Crippen LogP) is 2.10. The van der Waals surface area contributed by atoms with E-state index in [1.165, 1.54) is 4.90 Å². The van der Waals surface area contributed by atoms with Crippen molar-refractivity contribution in [1.82, 2.24) is 10.2 Å². The van der Waals surface area contributed by atoms with Crippen molar-refractivity contribution in [2.45, 2.75) is 39.2 Å². The van der Waals surface area contributed by atoms with Gasteiger partial charge in [0.1, 0.15) is 0 Å². The summed E-state index contributed by atoms with van der Waals surface area (Å²) in [6, 6.07) is 6.72. The molecule has 3 rings (SSSR count). The maximum Gasteiger partial charge on any atom is 0.253 e. The molecule has 0 radical (unpaired) electrons. The van der Waals surface area contributed by atoms with Crippen LogP contribution >= 0.6 is 0 Å². The number of fused-ring (bicyclic) bond motifs is 1. The first-order valence-electron chi connectivity index (χ1n) is 9.58. The summed E-state index contributed by atoms with van der Waals surface area (Å²) in [6.07, 6.45) is 5.01. The van der Waals surface area contributed by atoms with Crippen LogP contribution in [0.2, 0.25) is 0 Å². The zero-order chi connectivity index (χ0) is 20.3. The number of anilines is 1. The third-order valence-corrected chi connectivity index (χ3v) is 5.03. The molecule has 0 bridgehead atoms.